The number of hydrogen-bond donors (Lipinski definition) is 4. The lowest BCUT2D eigenvalue weighted by molar-refractivity contribution is -0.117. The average Bonchev–Trinajstić information content (AvgIpc) is 3.42. The zero-order valence-corrected chi connectivity index (χ0v) is 15.6. The van der Waals surface area contributed by atoms with Crippen LogP contribution in [0.4, 0.5) is 16.2 Å². The molecule has 0 saturated heterocycles. The standard InChI is InChI=1S/C20H20N4O5/c1-13(22-19(26)17-5-3-11-29-17)18(25)23-14-6-8-15(9-7-14)24-20(27)21-12-16-4-2-10-28-16/h2-11,13H,12H2,1H3,(H,22,26)(H,23,25)(H2,21,24,27). The molecule has 1 atom stereocenters. The van der Waals surface area contributed by atoms with E-state index >= 15 is 0 Å². The molecule has 29 heavy (non-hydrogen) atoms. The Morgan fingerprint density at radius 2 is 1.55 bits per heavy atom. The zero-order valence-electron chi connectivity index (χ0n) is 15.6. The molecule has 0 aliphatic carbocycles. The molecular formula is C20H20N4O5. The molecular weight excluding hydrogens is 376 g/mol. The van der Waals surface area contributed by atoms with Crippen LogP contribution in [-0.4, -0.2) is 23.9 Å². The third-order valence-electron chi connectivity index (χ3n) is 3.90. The van der Waals surface area contributed by atoms with E-state index in [1.54, 1.807) is 49.4 Å². The van der Waals surface area contributed by atoms with Gasteiger partial charge in [-0.25, -0.2) is 4.79 Å². The number of nitrogens with one attached hydrogen (secondary N) is 4. The van der Waals surface area contributed by atoms with Crippen molar-refractivity contribution in [1.82, 2.24) is 10.6 Å². The molecule has 0 aliphatic rings. The highest BCUT2D eigenvalue weighted by Crippen LogP contribution is 2.14. The van der Waals surface area contributed by atoms with E-state index in [0.717, 1.165) is 0 Å². The van der Waals surface area contributed by atoms with E-state index in [0.29, 0.717) is 17.1 Å². The molecule has 2 aromatic heterocycles. The van der Waals surface area contributed by atoms with Gasteiger partial charge in [0.1, 0.15) is 11.8 Å². The van der Waals surface area contributed by atoms with Crippen LogP contribution >= 0.6 is 0 Å². The van der Waals surface area contributed by atoms with Crippen LogP contribution in [0.3, 0.4) is 0 Å². The van der Waals surface area contributed by atoms with Crippen molar-refractivity contribution in [2.75, 3.05) is 10.6 Å². The Kier molecular flexibility index (Phi) is 6.31. The number of rotatable bonds is 7. The van der Waals surface area contributed by atoms with Crippen LogP contribution in [0.1, 0.15) is 23.2 Å². The molecule has 3 rings (SSSR count). The van der Waals surface area contributed by atoms with Crippen LogP contribution in [0.2, 0.25) is 0 Å². The normalized spacial score (nSPS) is 11.3. The smallest absolute Gasteiger partial charge is 0.319 e. The Hall–Kier alpha value is -4.01. The SMILES string of the molecule is CC(NC(=O)c1ccco1)C(=O)Nc1ccc(NC(=O)NCc2ccco2)cc1. The van der Waals surface area contributed by atoms with Crippen LogP contribution < -0.4 is 21.3 Å². The van der Waals surface area contributed by atoms with Gasteiger partial charge in [0.2, 0.25) is 5.91 Å². The highest BCUT2D eigenvalue weighted by Gasteiger charge is 2.18. The molecule has 3 aromatic rings. The molecule has 0 radical (unpaired) electrons. The minimum Gasteiger partial charge on any atom is -0.467 e. The second-order valence-corrected chi connectivity index (χ2v) is 6.13. The van der Waals surface area contributed by atoms with Gasteiger partial charge in [-0.3, -0.25) is 9.59 Å². The minimum atomic E-state index is -0.766. The van der Waals surface area contributed by atoms with E-state index < -0.39 is 11.9 Å². The van der Waals surface area contributed by atoms with Crippen molar-refractivity contribution in [1.29, 1.82) is 0 Å². The summed E-state index contributed by atoms with van der Waals surface area (Å²) >= 11 is 0. The maximum Gasteiger partial charge on any atom is 0.319 e. The van der Waals surface area contributed by atoms with Gasteiger partial charge < -0.3 is 30.1 Å². The highest BCUT2D eigenvalue weighted by molar-refractivity contribution is 6.00. The van der Waals surface area contributed by atoms with Crippen molar-refractivity contribution >= 4 is 29.2 Å². The van der Waals surface area contributed by atoms with Gasteiger partial charge in [0.15, 0.2) is 5.76 Å². The van der Waals surface area contributed by atoms with Crippen molar-refractivity contribution in [3.05, 3.63) is 72.6 Å². The predicted molar refractivity (Wildman–Crippen MR) is 105 cm³/mol. The summed E-state index contributed by atoms with van der Waals surface area (Å²) in [6.07, 6.45) is 2.91. The monoisotopic (exact) mass is 396 g/mol. The third-order valence-corrected chi connectivity index (χ3v) is 3.90. The van der Waals surface area contributed by atoms with E-state index in [2.05, 4.69) is 21.3 Å². The number of amides is 4. The van der Waals surface area contributed by atoms with E-state index in [-0.39, 0.29) is 24.2 Å². The van der Waals surface area contributed by atoms with Crippen LogP contribution in [-0.2, 0) is 11.3 Å². The molecule has 0 saturated carbocycles. The Morgan fingerprint density at radius 3 is 2.17 bits per heavy atom. The fourth-order valence-electron chi connectivity index (χ4n) is 2.38. The lowest BCUT2D eigenvalue weighted by Gasteiger charge is -2.14. The molecule has 0 aliphatic heterocycles. The lowest BCUT2D eigenvalue weighted by atomic mass is 10.2. The van der Waals surface area contributed by atoms with Crippen molar-refractivity contribution < 1.29 is 23.2 Å². The van der Waals surface area contributed by atoms with Crippen molar-refractivity contribution in [3.8, 4) is 0 Å². The van der Waals surface area contributed by atoms with Crippen LogP contribution in [0, 0.1) is 0 Å². The molecule has 150 valence electrons. The molecule has 4 amide bonds. The second-order valence-electron chi connectivity index (χ2n) is 6.13. The molecule has 9 nitrogen and oxygen atoms in total. The van der Waals surface area contributed by atoms with E-state index in [1.165, 1.54) is 18.6 Å². The summed E-state index contributed by atoms with van der Waals surface area (Å²) < 4.78 is 10.1. The van der Waals surface area contributed by atoms with Gasteiger partial charge in [-0.05, 0) is 55.5 Å². The fraction of sp³-hybridized carbons (Fsp3) is 0.150. The largest absolute Gasteiger partial charge is 0.467 e. The first-order chi connectivity index (χ1) is 14.0. The molecule has 0 fully saturated rings. The summed E-state index contributed by atoms with van der Waals surface area (Å²) in [5, 5.41) is 10.6. The van der Waals surface area contributed by atoms with E-state index in [4.69, 9.17) is 8.83 Å². The van der Waals surface area contributed by atoms with Gasteiger partial charge in [-0.1, -0.05) is 0 Å². The lowest BCUT2D eigenvalue weighted by Crippen LogP contribution is -2.41. The minimum absolute atomic E-state index is 0.130. The topological polar surface area (TPSA) is 126 Å². The fourth-order valence-corrected chi connectivity index (χ4v) is 2.38. The number of urea groups is 1. The number of benzene rings is 1. The number of hydrogen-bond acceptors (Lipinski definition) is 5. The summed E-state index contributed by atoms with van der Waals surface area (Å²) in [4.78, 5) is 36.0. The second kappa shape index (κ2) is 9.27. The third kappa shape index (κ3) is 5.73. The van der Waals surface area contributed by atoms with E-state index in [1.807, 2.05) is 0 Å². The van der Waals surface area contributed by atoms with Gasteiger partial charge >= 0.3 is 6.03 Å². The summed E-state index contributed by atoms with van der Waals surface area (Å²) in [6, 6.07) is 12.0. The van der Waals surface area contributed by atoms with Crippen molar-refractivity contribution in [2.45, 2.75) is 19.5 Å². The summed E-state index contributed by atoms with van der Waals surface area (Å²) in [5.41, 5.74) is 1.08. The Bertz CT molecular complexity index is 949. The van der Waals surface area contributed by atoms with Crippen LogP contribution in [0.25, 0.3) is 0 Å². The van der Waals surface area contributed by atoms with Gasteiger partial charge in [0, 0.05) is 11.4 Å². The highest BCUT2D eigenvalue weighted by atomic mass is 16.3. The van der Waals surface area contributed by atoms with Crippen LogP contribution in [0.15, 0.2) is 69.9 Å². The molecule has 1 aromatic carbocycles. The van der Waals surface area contributed by atoms with Gasteiger partial charge in [-0.2, -0.15) is 0 Å². The van der Waals surface area contributed by atoms with Gasteiger partial charge in [0.05, 0.1) is 19.1 Å². The summed E-state index contributed by atoms with van der Waals surface area (Å²) in [7, 11) is 0. The molecule has 0 spiro atoms. The summed E-state index contributed by atoms with van der Waals surface area (Å²) in [5.74, 6) is -0.0866. The number of carbonyl (C=O) groups is 3. The molecule has 1 unspecified atom stereocenters. The number of anilines is 2. The first-order valence-electron chi connectivity index (χ1n) is 8.84. The predicted octanol–water partition coefficient (Wildman–Crippen LogP) is 2.95. The molecule has 0 bridgehead atoms. The van der Waals surface area contributed by atoms with Gasteiger partial charge in [0.25, 0.3) is 5.91 Å². The maximum atomic E-state index is 12.2. The molecule has 2 heterocycles. The quantitative estimate of drug-likeness (QED) is 0.489. The first kappa shape index (κ1) is 19.7. The molecule has 9 heteroatoms. The Labute approximate surface area is 166 Å². The number of carbonyl (C=O) groups excluding carboxylic acids is 3. The Morgan fingerprint density at radius 1 is 0.897 bits per heavy atom. The zero-order chi connectivity index (χ0) is 20.6. The molecule has 4 N–H and O–H groups in total. The van der Waals surface area contributed by atoms with Crippen molar-refractivity contribution in [2.24, 2.45) is 0 Å². The van der Waals surface area contributed by atoms with Crippen LogP contribution in [0.5, 0.6) is 0 Å². The van der Waals surface area contributed by atoms with Gasteiger partial charge in [-0.15, -0.1) is 0 Å². The summed E-state index contributed by atoms with van der Waals surface area (Å²) in [6.45, 7) is 1.84. The maximum absolute atomic E-state index is 12.2. The van der Waals surface area contributed by atoms with E-state index in [9.17, 15) is 14.4 Å². The average molecular weight is 396 g/mol. The van der Waals surface area contributed by atoms with Crippen molar-refractivity contribution in [3.63, 3.8) is 0 Å². The first-order valence-corrected chi connectivity index (χ1v) is 8.84. The Balaban J connectivity index is 1.46. The number of furan rings is 2.